The van der Waals surface area contributed by atoms with Crippen LogP contribution in [0.1, 0.15) is 0 Å². The van der Waals surface area contributed by atoms with Crippen LogP contribution in [-0.4, -0.2) is 13.4 Å². The van der Waals surface area contributed by atoms with E-state index in [0.29, 0.717) is 66.1 Å². The molecule has 0 radical (unpaired) electrons. The van der Waals surface area contributed by atoms with Gasteiger partial charge in [-0.1, -0.05) is 0 Å². The van der Waals surface area contributed by atoms with Crippen LogP contribution in [0.3, 0.4) is 0 Å². The molecule has 7 heteroatoms. The van der Waals surface area contributed by atoms with Gasteiger partial charge in [-0.25, -0.2) is 0 Å². The Morgan fingerprint density at radius 2 is 1.50 bits per heavy atom. The molecule has 0 aliphatic rings. The van der Waals surface area contributed by atoms with Gasteiger partial charge in [0, 0.05) is 0 Å². The minimum absolute atomic E-state index is 0.458. The number of carbonyl (C=O) groups excluding carboxylic acids is 1. The number of rotatable bonds is 4. The Balaban J connectivity index is 3.09. The van der Waals surface area contributed by atoms with E-state index in [2.05, 4.69) is 19.6 Å². The van der Waals surface area contributed by atoms with Crippen LogP contribution in [0.5, 0.6) is 0 Å². The average Bonchev–Trinajstić information content (AvgIpc) is 1.97. The molecule has 0 spiro atoms. The van der Waals surface area contributed by atoms with Crippen molar-refractivity contribution in [2.45, 2.75) is 0 Å². The first kappa shape index (κ1) is 11.3. The molecule has 0 aromatic rings. The molecule has 0 aromatic heterocycles. The van der Waals surface area contributed by atoms with Gasteiger partial charge in [-0.05, 0) is 0 Å². The standard InChI is InChI=1S/C3H4O5.2U/c1-5-7-3(4)8-6-2;;/h1-2H2;;. The molecular weight excluding hydrogens is 592 g/mol. The Hall–Kier alpha value is 1.29. The molecule has 0 saturated carbocycles. The molecule has 0 fully saturated rings. The van der Waals surface area contributed by atoms with Gasteiger partial charge >= 0.3 is 96.6 Å². The van der Waals surface area contributed by atoms with Gasteiger partial charge in [-0.3, -0.25) is 0 Å². The molecule has 0 aliphatic carbocycles. The average molecular weight is 596 g/mol. The van der Waals surface area contributed by atoms with E-state index in [1.807, 2.05) is 0 Å². The van der Waals surface area contributed by atoms with Gasteiger partial charge in [0.15, 0.2) is 0 Å². The fourth-order valence-electron chi connectivity index (χ4n) is 0.169. The van der Waals surface area contributed by atoms with Crippen LogP contribution in [0.25, 0.3) is 0 Å². The van der Waals surface area contributed by atoms with E-state index < -0.39 is 6.16 Å². The molecule has 54 valence electrons. The van der Waals surface area contributed by atoms with Crippen LogP contribution in [0, 0.1) is 58.8 Å². The Morgan fingerprint density at radius 3 is 1.80 bits per heavy atom. The molecule has 0 rings (SSSR count). The van der Waals surface area contributed by atoms with Gasteiger partial charge in [0.05, 0.1) is 0 Å². The van der Waals surface area contributed by atoms with E-state index in [0.717, 1.165) is 0 Å². The van der Waals surface area contributed by atoms with Crippen molar-refractivity contribution < 1.29 is 83.2 Å². The van der Waals surface area contributed by atoms with Crippen LogP contribution < -0.4 is 0 Å². The fraction of sp³-hybridized carbons (Fsp3) is 0.667. The van der Waals surface area contributed by atoms with E-state index in [1.165, 1.54) is 0 Å². The summed E-state index contributed by atoms with van der Waals surface area (Å²) in [4.78, 5) is 27.1. The van der Waals surface area contributed by atoms with E-state index in [9.17, 15) is 4.79 Å². The Labute approximate surface area is 95.4 Å². The molecular formula is C3H4O5U2. The third-order valence-corrected chi connectivity index (χ3v) is 1.35. The topological polar surface area (TPSA) is 54.0 Å². The van der Waals surface area contributed by atoms with E-state index in [4.69, 9.17) is 0 Å². The van der Waals surface area contributed by atoms with E-state index in [-0.39, 0.29) is 0 Å². The molecule has 0 aromatic carbocycles. The normalized spacial score (nSPS) is 9.20. The first-order valence-corrected chi connectivity index (χ1v) is 8.12. The summed E-state index contributed by atoms with van der Waals surface area (Å²) in [5, 5.41) is 0. The zero-order chi connectivity index (χ0) is 7.82. The summed E-state index contributed by atoms with van der Waals surface area (Å²) in [5.41, 5.74) is 0. The van der Waals surface area contributed by atoms with Gasteiger partial charge in [-0.2, -0.15) is 0 Å². The van der Waals surface area contributed by atoms with Crippen molar-refractivity contribution >= 4 is 6.16 Å². The van der Waals surface area contributed by atoms with Crippen molar-refractivity contribution in [1.82, 2.24) is 0 Å². The monoisotopic (exact) mass is 596 g/mol. The maximum absolute atomic E-state index is 10.3. The van der Waals surface area contributed by atoms with Gasteiger partial charge in [0.2, 0.25) is 0 Å². The van der Waals surface area contributed by atoms with Crippen LogP contribution >= 0.6 is 0 Å². The third kappa shape index (κ3) is 7.40. The fourth-order valence-corrected chi connectivity index (χ4v) is 0.660. The summed E-state index contributed by atoms with van der Waals surface area (Å²) in [6.07, 6.45) is -0.943. The van der Waals surface area contributed by atoms with Crippen molar-refractivity contribution in [3.05, 3.63) is 0 Å². The predicted molar refractivity (Wildman–Crippen MR) is 19.5 cm³/mol. The van der Waals surface area contributed by atoms with Crippen LogP contribution in [0.15, 0.2) is 0 Å². The van der Waals surface area contributed by atoms with Gasteiger partial charge in [0.1, 0.15) is 0 Å². The van der Waals surface area contributed by atoms with Gasteiger partial charge in [0.25, 0.3) is 0 Å². The number of hydrogen-bond acceptors (Lipinski definition) is 5. The molecule has 0 saturated heterocycles. The minimum atomic E-state index is -0.943. The zero-order valence-electron chi connectivity index (χ0n) is 4.96. The molecule has 0 heterocycles. The van der Waals surface area contributed by atoms with Crippen LogP contribution in [-0.2, 0) is 19.6 Å². The first-order valence-electron chi connectivity index (χ1n) is 2.23. The maximum atomic E-state index is 10.3. The third-order valence-electron chi connectivity index (χ3n) is 0.372. The van der Waals surface area contributed by atoms with Gasteiger partial charge < -0.3 is 0 Å². The molecule has 5 nitrogen and oxygen atoms in total. The molecule has 0 aliphatic heterocycles. The van der Waals surface area contributed by atoms with Crippen molar-refractivity contribution in [2.24, 2.45) is 0 Å². The first-order chi connectivity index (χ1) is 4.81. The Morgan fingerprint density at radius 1 is 1.10 bits per heavy atom. The summed E-state index contributed by atoms with van der Waals surface area (Å²) in [7, 11) is 0. The van der Waals surface area contributed by atoms with Crippen molar-refractivity contribution in [3.63, 3.8) is 0 Å². The van der Waals surface area contributed by atoms with E-state index >= 15 is 0 Å². The second-order valence-electron chi connectivity index (χ2n) is 0.941. The van der Waals surface area contributed by atoms with Gasteiger partial charge in [-0.15, -0.1) is 0 Å². The molecule has 10 heavy (non-hydrogen) atoms. The van der Waals surface area contributed by atoms with Crippen LogP contribution in [0.2, 0.25) is 0 Å². The Kier molecular flexibility index (Phi) is 9.48. The summed E-state index contributed by atoms with van der Waals surface area (Å²) in [5.74, 6) is 0. The van der Waals surface area contributed by atoms with Crippen molar-refractivity contribution in [2.75, 3.05) is 7.28 Å². The summed E-state index contributed by atoms with van der Waals surface area (Å²) >= 11 is 1.25. The van der Waals surface area contributed by atoms with Crippen molar-refractivity contribution in [1.29, 1.82) is 0 Å². The zero-order valence-corrected chi connectivity index (χ0v) is 13.3. The quantitative estimate of drug-likeness (QED) is 0.339. The molecule has 0 atom stereocenters. The molecule has 0 unspecified atom stereocenters. The second kappa shape index (κ2) is 8.39. The molecule has 0 N–H and O–H groups in total. The predicted octanol–water partition coefficient (Wildman–Crippen LogP) is 0.0164. The van der Waals surface area contributed by atoms with E-state index in [1.54, 1.807) is 0 Å². The Bertz CT molecular complexity index is 86.9. The summed E-state index contributed by atoms with van der Waals surface area (Å²) in [6, 6.07) is 0. The molecule has 0 amide bonds. The van der Waals surface area contributed by atoms with Crippen LogP contribution in [0.4, 0.5) is 4.79 Å². The SMILES string of the molecule is O=C(OO[CH2][U])OO[CH2][U]. The second-order valence-corrected chi connectivity index (χ2v) is 3.34. The molecule has 0 bridgehead atoms. The number of hydrogen-bond donors (Lipinski definition) is 0. The summed E-state index contributed by atoms with van der Waals surface area (Å²) < 4.78 is 0.916. The summed E-state index contributed by atoms with van der Waals surface area (Å²) in [6.45, 7) is 0. The number of carbonyl (C=O) groups is 1. The van der Waals surface area contributed by atoms with Crippen molar-refractivity contribution in [3.8, 4) is 0 Å².